The zero-order valence-corrected chi connectivity index (χ0v) is 15.1. The van der Waals surface area contributed by atoms with Crippen LogP contribution in [0.25, 0.3) is 22.3 Å². The number of rotatable bonds is 5. The first-order valence-corrected chi connectivity index (χ1v) is 8.69. The molecule has 0 radical (unpaired) electrons. The summed E-state index contributed by atoms with van der Waals surface area (Å²) in [6, 6.07) is 18.7. The van der Waals surface area contributed by atoms with Crippen LogP contribution in [-0.4, -0.2) is 17.1 Å². The minimum atomic E-state index is -0.432. The Hall–Kier alpha value is -3.67. The first-order valence-electron chi connectivity index (χ1n) is 8.69. The molecule has 28 heavy (non-hydrogen) atoms. The predicted octanol–water partition coefficient (Wildman–Crippen LogP) is 4.32. The Morgan fingerprint density at radius 2 is 1.79 bits per heavy atom. The van der Waals surface area contributed by atoms with Gasteiger partial charge in [0, 0.05) is 11.1 Å². The van der Waals surface area contributed by atoms with Gasteiger partial charge in [0.25, 0.3) is 5.56 Å². The lowest BCUT2D eigenvalue weighted by Gasteiger charge is -2.12. The number of hydrogen-bond acceptors (Lipinski definition) is 4. The molecule has 3 aromatic carbocycles. The molecular weight excluding hydrogens is 359 g/mol. The van der Waals surface area contributed by atoms with Crippen molar-refractivity contribution in [2.45, 2.75) is 6.61 Å². The zero-order valence-electron chi connectivity index (χ0n) is 15.1. The highest BCUT2D eigenvalue weighted by molar-refractivity contribution is 5.79. The second-order valence-electron chi connectivity index (χ2n) is 6.18. The number of aromatic nitrogens is 2. The van der Waals surface area contributed by atoms with Crippen molar-refractivity contribution in [1.82, 2.24) is 9.97 Å². The minimum Gasteiger partial charge on any atom is -0.496 e. The number of fused-ring (bicyclic) bond motifs is 1. The maximum atomic E-state index is 13.8. The van der Waals surface area contributed by atoms with Crippen LogP contribution in [0.15, 0.2) is 71.5 Å². The Morgan fingerprint density at radius 3 is 2.61 bits per heavy atom. The van der Waals surface area contributed by atoms with E-state index in [1.165, 1.54) is 6.07 Å². The number of para-hydroxylation sites is 2. The molecule has 5 nitrogen and oxygen atoms in total. The number of hydrogen-bond donors (Lipinski definition) is 1. The Kier molecular flexibility index (Phi) is 4.76. The van der Waals surface area contributed by atoms with Crippen LogP contribution < -0.4 is 15.0 Å². The van der Waals surface area contributed by atoms with Gasteiger partial charge in [-0.15, -0.1) is 0 Å². The second-order valence-corrected chi connectivity index (χ2v) is 6.18. The van der Waals surface area contributed by atoms with E-state index in [0.29, 0.717) is 33.6 Å². The molecule has 4 rings (SSSR count). The fourth-order valence-electron chi connectivity index (χ4n) is 2.98. The zero-order chi connectivity index (χ0) is 19.5. The van der Waals surface area contributed by atoms with Crippen molar-refractivity contribution in [3.63, 3.8) is 0 Å². The molecule has 6 heteroatoms. The lowest BCUT2D eigenvalue weighted by atomic mass is 10.1. The summed E-state index contributed by atoms with van der Waals surface area (Å²) in [6.07, 6.45) is 0. The normalized spacial score (nSPS) is 10.8. The summed E-state index contributed by atoms with van der Waals surface area (Å²) in [6.45, 7) is 0.107. The third-order valence-corrected chi connectivity index (χ3v) is 4.39. The van der Waals surface area contributed by atoms with Crippen molar-refractivity contribution >= 4 is 10.9 Å². The standard InChI is InChI=1S/C22H17FN2O3/c1-27-19-11-10-14(12-15(19)13-28-20-9-5-3-7-17(20)23)21-24-18-8-4-2-6-16(18)22(26)25-21/h2-12H,13H2,1H3,(H,24,25,26). The van der Waals surface area contributed by atoms with Gasteiger partial charge in [0.05, 0.1) is 18.0 Å². The molecule has 1 heterocycles. The summed E-state index contributed by atoms with van der Waals surface area (Å²) in [5, 5.41) is 0.530. The van der Waals surface area contributed by atoms with E-state index in [1.54, 1.807) is 55.6 Å². The van der Waals surface area contributed by atoms with Crippen LogP contribution in [0.1, 0.15) is 5.56 Å². The van der Waals surface area contributed by atoms with Crippen LogP contribution in [-0.2, 0) is 6.61 Å². The van der Waals surface area contributed by atoms with Crippen LogP contribution in [0.5, 0.6) is 11.5 Å². The van der Waals surface area contributed by atoms with Gasteiger partial charge in [0.15, 0.2) is 11.6 Å². The molecule has 0 aliphatic heterocycles. The first kappa shape index (κ1) is 17.7. The van der Waals surface area contributed by atoms with Gasteiger partial charge < -0.3 is 14.5 Å². The van der Waals surface area contributed by atoms with Gasteiger partial charge in [-0.05, 0) is 42.5 Å². The van der Waals surface area contributed by atoms with E-state index >= 15 is 0 Å². The second kappa shape index (κ2) is 7.52. The summed E-state index contributed by atoms with van der Waals surface area (Å²) in [4.78, 5) is 19.7. The van der Waals surface area contributed by atoms with Crippen molar-refractivity contribution in [2.75, 3.05) is 7.11 Å². The average molecular weight is 376 g/mol. The fraction of sp³-hybridized carbons (Fsp3) is 0.0909. The molecule has 0 aliphatic rings. The molecule has 0 saturated heterocycles. The summed E-state index contributed by atoms with van der Waals surface area (Å²) >= 11 is 0. The number of nitrogens with zero attached hydrogens (tertiary/aromatic N) is 1. The quantitative estimate of drug-likeness (QED) is 0.564. The van der Waals surface area contributed by atoms with E-state index in [4.69, 9.17) is 9.47 Å². The molecule has 0 amide bonds. The Morgan fingerprint density at radius 1 is 1.00 bits per heavy atom. The van der Waals surface area contributed by atoms with Gasteiger partial charge in [0.1, 0.15) is 18.2 Å². The average Bonchev–Trinajstić information content (AvgIpc) is 2.73. The van der Waals surface area contributed by atoms with Gasteiger partial charge in [-0.25, -0.2) is 9.37 Å². The lowest BCUT2D eigenvalue weighted by Crippen LogP contribution is -2.09. The van der Waals surface area contributed by atoms with Crippen molar-refractivity contribution in [1.29, 1.82) is 0 Å². The Labute approximate surface area is 160 Å². The van der Waals surface area contributed by atoms with Crippen LogP contribution in [0, 0.1) is 5.82 Å². The molecule has 0 fully saturated rings. The van der Waals surface area contributed by atoms with Crippen LogP contribution in [0.4, 0.5) is 4.39 Å². The largest absolute Gasteiger partial charge is 0.496 e. The Bertz CT molecular complexity index is 1200. The van der Waals surface area contributed by atoms with E-state index in [1.807, 2.05) is 12.1 Å². The maximum absolute atomic E-state index is 13.8. The predicted molar refractivity (Wildman–Crippen MR) is 105 cm³/mol. The molecular formula is C22H17FN2O3. The monoisotopic (exact) mass is 376 g/mol. The van der Waals surface area contributed by atoms with Crippen molar-refractivity contribution in [2.24, 2.45) is 0 Å². The van der Waals surface area contributed by atoms with E-state index in [9.17, 15) is 9.18 Å². The molecule has 0 saturated carbocycles. The number of benzene rings is 3. The van der Waals surface area contributed by atoms with Gasteiger partial charge in [-0.3, -0.25) is 4.79 Å². The highest BCUT2D eigenvalue weighted by Crippen LogP contribution is 2.27. The van der Waals surface area contributed by atoms with Crippen molar-refractivity contribution < 1.29 is 13.9 Å². The Balaban J connectivity index is 1.70. The molecule has 0 atom stereocenters. The SMILES string of the molecule is COc1ccc(-c2nc3ccccc3c(=O)[nH]2)cc1COc1ccccc1F. The minimum absolute atomic E-state index is 0.107. The number of aromatic amines is 1. The number of H-pyrrole nitrogens is 1. The summed E-state index contributed by atoms with van der Waals surface area (Å²) in [7, 11) is 1.55. The highest BCUT2D eigenvalue weighted by atomic mass is 19.1. The summed E-state index contributed by atoms with van der Waals surface area (Å²) < 4.78 is 24.8. The van der Waals surface area contributed by atoms with Gasteiger partial charge >= 0.3 is 0 Å². The molecule has 0 spiro atoms. The smallest absolute Gasteiger partial charge is 0.259 e. The molecule has 4 aromatic rings. The molecule has 140 valence electrons. The number of halogens is 1. The van der Waals surface area contributed by atoms with Gasteiger partial charge in [-0.2, -0.15) is 0 Å². The third-order valence-electron chi connectivity index (χ3n) is 4.39. The van der Waals surface area contributed by atoms with Crippen LogP contribution >= 0.6 is 0 Å². The van der Waals surface area contributed by atoms with Gasteiger partial charge in [0.2, 0.25) is 0 Å². The number of ether oxygens (including phenoxy) is 2. The van der Waals surface area contributed by atoms with Crippen molar-refractivity contribution in [3.8, 4) is 22.9 Å². The van der Waals surface area contributed by atoms with E-state index < -0.39 is 5.82 Å². The number of nitrogens with one attached hydrogen (secondary N) is 1. The summed E-state index contributed by atoms with van der Waals surface area (Å²) in [5.74, 6) is 0.770. The highest BCUT2D eigenvalue weighted by Gasteiger charge is 2.11. The topological polar surface area (TPSA) is 64.2 Å². The molecule has 1 N–H and O–H groups in total. The van der Waals surface area contributed by atoms with Gasteiger partial charge in [-0.1, -0.05) is 24.3 Å². The van der Waals surface area contributed by atoms with E-state index in [2.05, 4.69) is 9.97 Å². The third kappa shape index (κ3) is 3.44. The van der Waals surface area contributed by atoms with Crippen LogP contribution in [0.2, 0.25) is 0 Å². The van der Waals surface area contributed by atoms with Crippen molar-refractivity contribution in [3.05, 3.63) is 88.5 Å². The lowest BCUT2D eigenvalue weighted by molar-refractivity contribution is 0.282. The molecule has 1 aromatic heterocycles. The first-order chi connectivity index (χ1) is 13.7. The van der Waals surface area contributed by atoms with Crippen LogP contribution in [0.3, 0.4) is 0 Å². The maximum Gasteiger partial charge on any atom is 0.259 e. The molecule has 0 unspecified atom stereocenters. The summed E-state index contributed by atoms with van der Waals surface area (Å²) in [5.41, 5.74) is 1.82. The molecule has 0 bridgehead atoms. The molecule has 0 aliphatic carbocycles. The van der Waals surface area contributed by atoms with E-state index in [0.717, 1.165) is 0 Å². The number of methoxy groups -OCH3 is 1. The fourth-order valence-corrected chi connectivity index (χ4v) is 2.98. The van der Waals surface area contributed by atoms with E-state index in [-0.39, 0.29) is 17.9 Å².